The van der Waals surface area contributed by atoms with Crippen molar-refractivity contribution in [3.63, 3.8) is 0 Å². The van der Waals surface area contributed by atoms with Crippen LogP contribution in [0.2, 0.25) is 31.4 Å². The van der Waals surface area contributed by atoms with Crippen molar-refractivity contribution in [2.24, 2.45) is 0 Å². The van der Waals surface area contributed by atoms with Gasteiger partial charge in [0.2, 0.25) is 0 Å². The van der Waals surface area contributed by atoms with Crippen molar-refractivity contribution in [2.45, 2.75) is 168 Å². The summed E-state index contributed by atoms with van der Waals surface area (Å²) in [5.41, 5.74) is 0.947. The van der Waals surface area contributed by atoms with Crippen LogP contribution < -0.4 is 3.58 Å². The van der Waals surface area contributed by atoms with E-state index >= 15 is 0 Å². The van der Waals surface area contributed by atoms with Crippen LogP contribution in [0.5, 0.6) is 0 Å². The van der Waals surface area contributed by atoms with Gasteiger partial charge in [0.15, 0.2) is 0 Å². The zero-order valence-electron chi connectivity index (χ0n) is 27.7. The van der Waals surface area contributed by atoms with E-state index < -0.39 is 69.3 Å². The van der Waals surface area contributed by atoms with E-state index in [-0.39, 0.29) is 5.04 Å². The number of aliphatic hydroxyl groups is 2. The maximum atomic E-state index is 11.8. The summed E-state index contributed by atoms with van der Waals surface area (Å²) in [6.45, 7) is 21.6. The monoisotopic (exact) mass is 700 g/mol. The Bertz CT molecular complexity index is 924. The molecule has 0 unspecified atom stereocenters. The molecule has 0 aliphatic carbocycles. The quantitative estimate of drug-likeness (QED) is 0.186. The van der Waals surface area contributed by atoms with Crippen LogP contribution in [-0.4, -0.2) is 73.4 Å². The maximum absolute atomic E-state index is 11.8. The molecule has 236 valence electrons. The molecule has 1 aromatic rings. The van der Waals surface area contributed by atoms with Gasteiger partial charge in [-0.1, -0.05) is 0 Å². The Labute approximate surface area is 255 Å². The third-order valence-electron chi connectivity index (χ3n) is 9.81. The molecule has 0 amide bonds. The summed E-state index contributed by atoms with van der Waals surface area (Å²) in [6.07, 6.45) is 2.80. The molecule has 2 fully saturated rings. The van der Waals surface area contributed by atoms with Crippen molar-refractivity contribution in [3.8, 4) is 0 Å². The van der Waals surface area contributed by atoms with E-state index in [0.29, 0.717) is 0 Å². The van der Waals surface area contributed by atoms with Gasteiger partial charge in [0, 0.05) is 0 Å². The first-order valence-corrected chi connectivity index (χ1v) is 26.7. The van der Waals surface area contributed by atoms with E-state index in [1.165, 1.54) is 51.8 Å². The number of benzene rings is 1. The second kappa shape index (κ2) is 14.4. The summed E-state index contributed by atoms with van der Waals surface area (Å²) >= 11 is -2.59. The number of hydrogen-bond donors (Lipinski definition) is 2. The van der Waals surface area contributed by atoms with Crippen LogP contribution in [0.4, 0.5) is 0 Å². The first-order chi connectivity index (χ1) is 19.1. The van der Waals surface area contributed by atoms with Crippen molar-refractivity contribution in [2.75, 3.05) is 0 Å². The summed E-state index contributed by atoms with van der Waals surface area (Å²) in [6, 6.07) is 9.14. The summed E-state index contributed by atoms with van der Waals surface area (Å²) in [5, 5.41) is 23.0. The molecule has 8 heteroatoms. The zero-order chi connectivity index (χ0) is 30.6. The zero-order valence-corrected chi connectivity index (χ0v) is 31.5. The Kier molecular flexibility index (Phi) is 12.5. The molecule has 0 saturated carbocycles. The Morgan fingerprint density at radius 3 is 1.88 bits per heavy atom. The predicted molar refractivity (Wildman–Crippen MR) is 173 cm³/mol. The first kappa shape index (κ1) is 35.5. The van der Waals surface area contributed by atoms with Gasteiger partial charge in [-0.15, -0.1) is 0 Å². The number of fused-ring (bicyclic) bond motifs is 1. The number of rotatable bonds is 15. The molecule has 0 spiro atoms. The Morgan fingerprint density at radius 1 is 0.927 bits per heavy atom. The molecule has 2 saturated heterocycles. The first-order valence-electron chi connectivity index (χ1n) is 16.3. The van der Waals surface area contributed by atoms with Crippen molar-refractivity contribution in [3.05, 3.63) is 29.8 Å². The third-order valence-corrected chi connectivity index (χ3v) is 29.9. The molecule has 1 aromatic carbocycles. The molecule has 2 aliphatic rings. The SMILES string of the molecule is CCC[CH2][Sn]([CH2]CCC)([CH2]CCC)[c]1ccc([C@H](O[Si](C)(C)C(C)(C)C)[C@@H](O)[C@H]2O[C@@H]3OC(C)(C)O[C@@H]3[C@H]2O)cc1. The van der Waals surface area contributed by atoms with Gasteiger partial charge in [0.1, 0.15) is 0 Å². The minimum absolute atomic E-state index is 0.0428. The molecule has 0 radical (unpaired) electrons. The molecule has 6 nitrogen and oxygen atoms in total. The second-order valence-corrected chi connectivity index (χ2v) is 32.6. The van der Waals surface area contributed by atoms with Crippen LogP contribution >= 0.6 is 0 Å². The van der Waals surface area contributed by atoms with Crippen molar-refractivity contribution < 1.29 is 28.8 Å². The predicted octanol–water partition coefficient (Wildman–Crippen LogP) is 7.40. The Morgan fingerprint density at radius 2 is 1.44 bits per heavy atom. The molecule has 6 atom stereocenters. The Balaban J connectivity index is 1.96. The van der Waals surface area contributed by atoms with Gasteiger partial charge < -0.3 is 0 Å². The van der Waals surface area contributed by atoms with E-state index in [2.05, 4.69) is 78.9 Å². The van der Waals surface area contributed by atoms with Gasteiger partial charge >= 0.3 is 257 Å². The van der Waals surface area contributed by atoms with E-state index in [4.69, 9.17) is 18.6 Å². The Hall–Kier alpha value is -0.00442. The van der Waals surface area contributed by atoms with E-state index in [1.807, 2.05) is 13.8 Å². The van der Waals surface area contributed by atoms with Gasteiger partial charge in [-0.25, -0.2) is 0 Å². The molecule has 3 rings (SSSR count). The third kappa shape index (κ3) is 8.38. The van der Waals surface area contributed by atoms with Gasteiger partial charge in [-0.3, -0.25) is 0 Å². The number of ether oxygens (including phenoxy) is 3. The standard InChI is InChI=1S/C21H33O6Si.3C4H9.Sn/c1-20(2,3)28(6,7)27-16(13-11-9-8-10-12-13)14(22)17-15(23)18-19(24-17)26-21(4,5)25-18;3*1-3-4-2;/h9-12,14-19,22-23H,1-7H3;3*1,3-4H2,2H3;/t14-,15+,16+,17-,18-,19-;;;;/m1..../s1. The van der Waals surface area contributed by atoms with Crippen LogP contribution in [0.15, 0.2) is 24.3 Å². The fourth-order valence-corrected chi connectivity index (χ4v) is 23.4. The fourth-order valence-electron chi connectivity index (χ4n) is 6.18. The number of unbranched alkanes of at least 4 members (excludes halogenated alkanes) is 3. The van der Waals surface area contributed by atoms with Gasteiger partial charge in [0.25, 0.3) is 0 Å². The molecule has 2 N–H and O–H groups in total. The summed E-state index contributed by atoms with van der Waals surface area (Å²) in [4.78, 5) is 0. The number of aliphatic hydroxyl groups excluding tert-OH is 2. The van der Waals surface area contributed by atoms with Crippen LogP contribution in [0, 0.1) is 0 Å². The molecular formula is C33H60O6SiSn. The molecule has 2 aliphatic heterocycles. The summed E-state index contributed by atoms with van der Waals surface area (Å²) in [7, 11) is -2.29. The average Bonchev–Trinajstić information content (AvgIpc) is 3.37. The van der Waals surface area contributed by atoms with Gasteiger partial charge in [0.05, 0.1) is 0 Å². The molecule has 0 aromatic heterocycles. The molecule has 2 heterocycles. The summed E-state index contributed by atoms with van der Waals surface area (Å²) < 4.78 is 30.7. The van der Waals surface area contributed by atoms with Crippen LogP contribution in [0.25, 0.3) is 0 Å². The minimum atomic E-state index is -2.59. The van der Waals surface area contributed by atoms with E-state index in [9.17, 15) is 10.2 Å². The summed E-state index contributed by atoms with van der Waals surface area (Å²) in [5.74, 6) is -0.829. The van der Waals surface area contributed by atoms with Gasteiger partial charge in [-0.2, -0.15) is 0 Å². The van der Waals surface area contributed by atoms with Crippen LogP contribution in [-0.2, 0) is 18.6 Å². The molecular weight excluding hydrogens is 639 g/mol. The number of hydrogen-bond acceptors (Lipinski definition) is 6. The topological polar surface area (TPSA) is 77.4 Å². The second-order valence-electron chi connectivity index (χ2n) is 14.6. The normalized spacial score (nSPS) is 26.2. The van der Waals surface area contributed by atoms with Gasteiger partial charge in [-0.05, 0) is 0 Å². The van der Waals surface area contributed by atoms with Crippen molar-refractivity contribution in [1.82, 2.24) is 0 Å². The molecule has 0 bridgehead atoms. The fraction of sp³-hybridized carbons (Fsp3) is 0.818. The average molecular weight is 700 g/mol. The van der Waals surface area contributed by atoms with E-state index in [0.717, 1.165) is 5.56 Å². The van der Waals surface area contributed by atoms with Crippen LogP contribution in [0.3, 0.4) is 0 Å². The molecule has 41 heavy (non-hydrogen) atoms. The van der Waals surface area contributed by atoms with Crippen molar-refractivity contribution >= 4 is 30.3 Å². The van der Waals surface area contributed by atoms with E-state index in [1.54, 1.807) is 3.58 Å². The van der Waals surface area contributed by atoms with Crippen molar-refractivity contribution in [1.29, 1.82) is 0 Å². The van der Waals surface area contributed by atoms with Crippen LogP contribution in [0.1, 0.15) is 106 Å².